The number of hydrogen-bond donors (Lipinski definition) is 2. The maximum absolute atomic E-state index is 12.5. The van der Waals surface area contributed by atoms with E-state index in [0.29, 0.717) is 6.42 Å². The van der Waals surface area contributed by atoms with E-state index in [1.165, 1.54) is 0 Å². The van der Waals surface area contributed by atoms with Crippen LogP contribution >= 0.6 is 7.60 Å². The smallest absolute Gasteiger partial charge is 0.347 e. The fraction of sp³-hybridized carbons (Fsp3) is 0.917. The van der Waals surface area contributed by atoms with Crippen molar-refractivity contribution in [3.8, 4) is 0 Å². The van der Waals surface area contributed by atoms with Crippen LogP contribution in [-0.4, -0.2) is 36.1 Å². The molecule has 7 heteroatoms. The topological polar surface area (TPSA) is 84.9 Å². The summed E-state index contributed by atoms with van der Waals surface area (Å²) in [5.74, 6) is -1.40. The highest BCUT2D eigenvalue weighted by Gasteiger charge is 2.35. The summed E-state index contributed by atoms with van der Waals surface area (Å²) in [6.45, 7) is 9.46. The number of aliphatic carboxylic acids is 1. The van der Waals surface area contributed by atoms with Gasteiger partial charge in [0.05, 0.1) is 13.2 Å². The molecule has 0 radical (unpaired) electrons. The maximum atomic E-state index is 12.5. The molecule has 1 unspecified atom stereocenters. The summed E-state index contributed by atoms with van der Waals surface area (Å²) in [5, 5.41) is 12.0. The van der Waals surface area contributed by atoms with E-state index in [1.807, 2.05) is 13.8 Å². The van der Waals surface area contributed by atoms with E-state index >= 15 is 0 Å². The van der Waals surface area contributed by atoms with Crippen LogP contribution in [-0.2, 0) is 18.4 Å². The molecule has 0 saturated carbocycles. The maximum Gasteiger partial charge on any atom is 0.347 e. The summed E-state index contributed by atoms with van der Waals surface area (Å²) in [6, 6.07) is -0.760. The van der Waals surface area contributed by atoms with Crippen LogP contribution in [0.2, 0.25) is 0 Å². The second-order valence-electron chi connectivity index (χ2n) is 4.74. The highest BCUT2D eigenvalue weighted by Crippen LogP contribution is 2.51. The van der Waals surface area contributed by atoms with Crippen LogP contribution < -0.4 is 5.32 Å². The summed E-state index contributed by atoms with van der Waals surface area (Å²) in [7, 11) is -3.32. The molecule has 2 N–H and O–H groups in total. The predicted molar refractivity (Wildman–Crippen MR) is 74.3 cm³/mol. The molecular formula is C12H26NO5P. The van der Waals surface area contributed by atoms with Crippen molar-refractivity contribution in [2.45, 2.75) is 52.9 Å². The molecule has 0 aliphatic carbocycles. The van der Waals surface area contributed by atoms with Crippen molar-refractivity contribution < 1.29 is 23.5 Å². The molecule has 0 aromatic carbocycles. The normalized spacial score (nSPS) is 15.5. The minimum atomic E-state index is -3.32. The summed E-state index contributed by atoms with van der Waals surface area (Å²) in [5.41, 5.74) is 0. The zero-order valence-electron chi connectivity index (χ0n) is 12.4. The average Bonchev–Trinajstić information content (AvgIpc) is 2.27. The summed E-state index contributed by atoms with van der Waals surface area (Å²) in [6.07, 6.45) is 0.456. The van der Waals surface area contributed by atoms with Crippen LogP contribution in [0.4, 0.5) is 0 Å². The van der Waals surface area contributed by atoms with Crippen LogP contribution in [0.25, 0.3) is 0 Å². The van der Waals surface area contributed by atoms with Crippen molar-refractivity contribution in [2.24, 2.45) is 5.92 Å². The molecule has 0 amide bonds. The molecule has 0 aliphatic rings. The number of carbonyl (C=O) groups is 1. The first-order valence-corrected chi connectivity index (χ1v) is 8.25. The number of hydrogen-bond acceptors (Lipinski definition) is 5. The van der Waals surface area contributed by atoms with Gasteiger partial charge in [0.2, 0.25) is 0 Å². The van der Waals surface area contributed by atoms with Crippen molar-refractivity contribution in [1.29, 1.82) is 0 Å². The van der Waals surface area contributed by atoms with Crippen LogP contribution in [0.5, 0.6) is 0 Å². The Morgan fingerprint density at radius 2 is 1.68 bits per heavy atom. The van der Waals surface area contributed by atoms with Gasteiger partial charge in [0.25, 0.3) is 0 Å². The van der Waals surface area contributed by atoms with Gasteiger partial charge in [-0.05, 0) is 33.1 Å². The molecule has 0 spiro atoms. The first-order valence-electron chi connectivity index (χ1n) is 6.64. The molecule has 0 rings (SSSR count). The monoisotopic (exact) mass is 295 g/mol. The van der Waals surface area contributed by atoms with Crippen LogP contribution in [0.1, 0.15) is 41.0 Å². The zero-order valence-corrected chi connectivity index (χ0v) is 13.3. The Bertz CT molecular complexity index is 311. The minimum absolute atomic E-state index is 0.222. The lowest BCUT2D eigenvalue weighted by Gasteiger charge is -2.27. The summed E-state index contributed by atoms with van der Waals surface area (Å²) in [4.78, 5) is 11.2. The van der Waals surface area contributed by atoms with Gasteiger partial charge in [0.1, 0.15) is 11.8 Å². The molecule has 0 saturated heterocycles. The van der Waals surface area contributed by atoms with E-state index < -0.39 is 25.4 Å². The average molecular weight is 295 g/mol. The van der Waals surface area contributed by atoms with Gasteiger partial charge >= 0.3 is 13.6 Å². The van der Waals surface area contributed by atoms with Gasteiger partial charge in [0, 0.05) is 0 Å². The lowest BCUT2D eigenvalue weighted by Crippen LogP contribution is -2.43. The highest BCUT2D eigenvalue weighted by molar-refractivity contribution is 7.54. The van der Waals surface area contributed by atoms with E-state index in [4.69, 9.17) is 14.2 Å². The first kappa shape index (κ1) is 18.6. The number of nitrogens with one attached hydrogen (secondary N) is 1. The Morgan fingerprint density at radius 1 is 1.21 bits per heavy atom. The first-order chi connectivity index (χ1) is 8.76. The Hall–Kier alpha value is -0.420. The second kappa shape index (κ2) is 8.69. The Balaban J connectivity index is 4.80. The molecule has 0 aromatic rings. The third kappa shape index (κ3) is 6.52. The quantitative estimate of drug-likeness (QED) is 0.603. The lowest BCUT2D eigenvalue weighted by molar-refractivity contribution is -0.140. The van der Waals surface area contributed by atoms with E-state index in [2.05, 4.69) is 5.32 Å². The zero-order chi connectivity index (χ0) is 15.1. The van der Waals surface area contributed by atoms with Gasteiger partial charge in [-0.3, -0.25) is 14.7 Å². The third-order valence-electron chi connectivity index (χ3n) is 2.54. The Labute approximate surface area is 115 Å². The van der Waals surface area contributed by atoms with Crippen LogP contribution in [0.3, 0.4) is 0 Å². The van der Waals surface area contributed by atoms with Gasteiger partial charge in [-0.1, -0.05) is 13.8 Å². The minimum Gasteiger partial charge on any atom is -0.480 e. The van der Waals surface area contributed by atoms with E-state index in [0.717, 1.165) is 0 Å². The molecule has 114 valence electrons. The highest BCUT2D eigenvalue weighted by atomic mass is 31.2. The molecule has 19 heavy (non-hydrogen) atoms. The molecule has 0 aliphatic heterocycles. The molecule has 0 aromatic heterocycles. The summed E-state index contributed by atoms with van der Waals surface area (Å²) < 4.78 is 22.8. The molecule has 0 heterocycles. The van der Waals surface area contributed by atoms with Crippen molar-refractivity contribution >= 4 is 13.6 Å². The fourth-order valence-corrected chi connectivity index (χ4v) is 3.32. The lowest BCUT2D eigenvalue weighted by atomic mass is 10.0. The molecular weight excluding hydrogens is 269 g/mol. The molecule has 6 nitrogen and oxygen atoms in total. The SMILES string of the molecule is CCOP(=O)(OCC)C(C)N[C@@H](CC(C)C)C(=O)O. The summed E-state index contributed by atoms with van der Waals surface area (Å²) >= 11 is 0. The Kier molecular flexibility index (Phi) is 8.50. The van der Waals surface area contributed by atoms with Gasteiger partial charge in [-0.2, -0.15) is 0 Å². The van der Waals surface area contributed by atoms with Crippen molar-refractivity contribution in [2.75, 3.05) is 13.2 Å². The van der Waals surface area contributed by atoms with Crippen molar-refractivity contribution in [3.05, 3.63) is 0 Å². The van der Waals surface area contributed by atoms with Gasteiger partial charge in [0.15, 0.2) is 0 Å². The van der Waals surface area contributed by atoms with Gasteiger partial charge in [-0.15, -0.1) is 0 Å². The van der Waals surface area contributed by atoms with E-state index in [-0.39, 0.29) is 19.1 Å². The van der Waals surface area contributed by atoms with Gasteiger partial charge < -0.3 is 14.2 Å². The fourth-order valence-electron chi connectivity index (χ4n) is 1.71. The predicted octanol–water partition coefficient (Wildman–Crippen LogP) is 2.69. The standard InChI is InChI=1S/C12H26NO5P/c1-6-17-19(16,18-7-2)10(5)13-11(12(14)15)8-9(3)4/h9-11,13H,6-8H2,1-5H3,(H,14,15)/t10?,11-/m0/s1. The van der Waals surface area contributed by atoms with Crippen molar-refractivity contribution in [3.63, 3.8) is 0 Å². The molecule has 0 fully saturated rings. The molecule has 0 bridgehead atoms. The largest absolute Gasteiger partial charge is 0.480 e. The third-order valence-corrected chi connectivity index (χ3v) is 4.87. The van der Waals surface area contributed by atoms with Gasteiger partial charge in [-0.25, -0.2) is 0 Å². The van der Waals surface area contributed by atoms with Crippen LogP contribution in [0.15, 0.2) is 0 Å². The van der Waals surface area contributed by atoms with E-state index in [1.54, 1.807) is 20.8 Å². The van der Waals surface area contributed by atoms with Crippen LogP contribution in [0, 0.1) is 5.92 Å². The number of carboxylic acids is 1. The number of carboxylic acid groups (broad SMARTS) is 1. The second-order valence-corrected chi connectivity index (χ2v) is 7.11. The number of rotatable bonds is 10. The molecule has 2 atom stereocenters. The Morgan fingerprint density at radius 3 is 2.00 bits per heavy atom. The van der Waals surface area contributed by atoms with Crippen molar-refractivity contribution in [1.82, 2.24) is 5.32 Å². The van der Waals surface area contributed by atoms with E-state index in [9.17, 15) is 9.36 Å².